The van der Waals surface area contributed by atoms with Gasteiger partial charge in [-0.2, -0.15) is 0 Å². The lowest BCUT2D eigenvalue weighted by Crippen LogP contribution is -2.27. The third kappa shape index (κ3) is 4.43. The Bertz CT molecular complexity index is 1090. The summed E-state index contributed by atoms with van der Waals surface area (Å²) in [6.45, 7) is 4.35. The number of nitrogens with zero attached hydrogens (tertiary/aromatic N) is 2. The largest absolute Gasteiger partial charge is 0.467 e. The van der Waals surface area contributed by atoms with Crippen molar-refractivity contribution in [3.8, 4) is 5.69 Å². The van der Waals surface area contributed by atoms with Crippen LogP contribution in [0.25, 0.3) is 5.69 Å². The van der Waals surface area contributed by atoms with E-state index in [-0.39, 0.29) is 17.2 Å². The molecular formula is C21H21N3O3S2. The molecule has 1 N–H and O–H groups in total. The first-order valence-electron chi connectivity index (χ1n) is 9.30. The maximum atomic E-state index is 13.2. The molecule has 6 nitrogen and oxygen atoms in total. The van der Waals surface area contributed by atoms with Gasteiger partial charge in [-0.25, -0.2) is 4.98 Å². The Morgan fingerprint density at radius 3 is 2.83 bits per heavy atom. The number of hydrogen-bond acceptors (Lipinski definition) is 6. The summed E-state index contributed by atoms with van der Waals surface area (Å²) in [6, 6.07) is 9.61. The molecule has 1 aliphatic heterocycles. The van der Waals surface area contributed by atoms with E-state index in [1.807, 2.05) is 32.0 Å². The van der Waals surface area contributed by atoms with Crippen LogP contribution >= 0.6 is 23.5 Å². The zero-order chi connectivity index (χ0) is 20.4. The van der Waals surface area contributed by atoms with E-state index in [1.54, 1.807) is 28.7 Å². The lowest BCUT2D eigenvalue weighted by Gasteiger charge is -2.15. The molecule has 0 saturated carbocycles. The molecule has 3 heterocycles. The van der Waals surface area contributed by atoms with E-state index in [2.05, 4.69) is 11.4 Å². The summed E-state index contributed by atoms with van der Waals surface area (Å²) in [5.41, 5.74) is 3.72. The Labute approximate surface area is 177 Å². The third-order valence-electron chi connectivity index (χ3n) is 4.50. The van der Waals surface area contributed by atoms with E-state index in [9.17, 15) is 9.59 Å². The van der Waals surface area contributed by atoms with Crippen LogP contribution in [-0.2, 0) is 17.8 Å². The zero-order valence-corrected chi connectivity index (χ0v) is 17.9. The number of carbonyl (C=O) groups excluding carboxylic acids is 1. The lowest BCUT2D eigenvalue weighted by atomic mass is 10.1. The molecule has 0 atom stereocenters. The summed E-state index contributed by atoms with van der Waals surface area (Å²) in [6.07, 6.45) is 2.35. The van der Waals surface area contributed by atoms with Crippen molar-refractivity contribution in [2.75, 3.05) is 11.5 Å². The summed E-state index contributed by atoms with van der Waals surface area (Å²) >= 11 is 2.84. The Hall–Kier alpha value is -2.45. The number of rotatable bonds is 6. The van der Waals surface area contributed by atoms with Gasteiger partial charge in [-0.05, 0) is 49.2 Å². The summed E-state index contributed by atoms with van der Waals surface area (Å²) in [4.78, 5) is 31.0. The van der Waals surface area contributed by atoms with Gasteiger partial charge in [0, 0.05) is 12.2 Å². The van der Waals surface area contributed by atoms with Crippen LogP contribution in [0.2, 0.25) is 0 Å². The molecule has 1 amide bonds. The SMILES string of the molecule is Cc1cc(C)cc(-n2c(SCC(=O)NCc3ccco3)nc3c(c2=O)SCC3)c1. The van der Waals surface area contributed by atoms with Crippen molar-refractivity contribution in [2.45, 2.75) is 36.9 Å². The molecule has 0 radical (unpaired) electrons. The maximum Gasteiger partial charge on any atom is 0.272 e. The average molecular weight is 428 g/mol. The van der Waals surface area contributed by atoms with Crippen LogP contribution in [-0.4, -0.2) is 27.0 Å². The number of furan rings is 1. The van der Waals surface area contributed by atoms with Gasteiger partial charge in [-0.3, -0.25) is 14.2 Å². The van der Waals surface area contributed by atoms with Crippen LogP contribution in [0, 0.1) is 13.8 Å². The van der Waals surface area contributed by atoms with E-state index >= 15 is 0 Å². The Balaban J connectivity index is 1.61. The van der Waals surface area contributed by atoms with Crippen LogP contribution in [0.15, 0.2) is 55.9 Å². The summed E-state index contributed by atoms with van der Waals surface area (Å²) < 4.78 is 6.87. The highest BCUT2D eigenvalue weighted by atomic mass is 32.2. The molecule has 0 fully saturated rings. The van der Waals surface area contributed by atoms with Gasteiger partial charge >= 0.3 is 0 Å². The van der Waals surface area contributed by atoms with Crippen LogP contribution < -0.4 is 10.9 Å². The summed E-state index contributed by atoms with van der Waals surface area (Å²) in [5, 5.41) is 3.38. The second-order valence-electron chi connectivity index (χ2n) is 6.90. The first kappa shape index (κ1) is 19.8. The van der Waals surface area contributed by atoms with Gasteiger partial charge < -0.3 is 9.73 Å². The fraction of sp³-hybridized carbons (Fsp3) is 0.286. The normalized spacial score (nSPS) is 12.8. The van der Waals surface area contributed by atoms with Gasteiger partial charge in [0.25, 0.3) is 5.56 Å². The molecule has 3 aromatic rings. The molecule has 2 aromatic heterocycles. The van der Waals surface area contributed by atoms with E-state index < -0.39 is 0 Å². The van der Waals surface area contributed by atoms with Crippen LogP contribution in [0.4, 0.5) is 0 Å². The highest BCUT2D eigenvalue weighted by Gasteiger charge is 2.23. The fourth-order valence-electron chi connectivity index (χ4n) is 3.28. The van der Waals surface area contributed by atoms with Crippen molar-refractivity contribution < 1.29 is 9.21 Å². The molecule has 150 valence electrons. The number of carbonyl (C=O) groups is 1. The van der Waals surface area contributed by atoms with Crippen molar-refractivity contribution in [3.63, 3.8) is 0 Å². The van der Waals surface area contributed by atoms with Crippen molar-refractivity contribution in [1.29, 1.82) is 0 Å². The van der Waals surface area contributed by atoms with Gasteiger partial charge in [0.2, 0.25) is 5.91 Å². The van der Waals surface area contributed by atoms with E-state index in [0.717, 1.165) is 39.6 Å². The topological polar surface area (TPSA) is 77.1 Å². The fourth-order valence-corrected chi connectivity index (χ4v) is 5.16. The molecule has 0 saturated heterocycles. The molecule has 4 rings (SSSR count). The number of hydrogen-bond donors (Lipinski definition) is 1. The third-order valence-corrected chi connectivity index (χ3v) is 6.55. The Morgan fingerprint density at radius 2 is 2.10 bits per heavy atom. The van der Waals surface area contributed by atoms with Gasteiger partial charge in [0.1, 0.15) is 5.76 Å². The van der Waals surface area contributed by atoms with Crippen LogP contribution in [0.1, 0.15) is 22.6 Å². The minimum Gasteiger partial charge on any atom is -0.467 e. The summed E-state index contributed by atoms with van der Waals surface area (Å²) in [7, 11) is 0. The lowest BCUT2D eigenvalue weighted by molar-refractivity contribution is -0.118. The van der Waals surface area contributed by atoms with E-state index in [0.29, 0.717) is 17.5 Å². The molecular weight excluding hydrogens is 406 g/mol. The summed E-state index contributed by atoms with van der Waals surface area (Å²) in [5.74, 6) is 1.59. The predicted molar refractivity (Wildman–Crippen MR) is 115 cm³/mol. The highest BCUT2D eigenvalue weighted by Crippen LogP contribution is 2.30. The minimum absolute atomic E-state index is 0.0546. The quantitative estimate of drug-likeness (QED) is 0.479. The molecule has 1 aromatic carbocycles. The van der Waals surface area contributed by atoms with Gasteiger partial charge in [0.05, 0.1) is 34.8 Å². The zero-order valence-electron chi connectivity index (χ0n) is 16.2. The maximum absolute atomic E-state index is 13.2. The Morgan fingerprint density at radius 1 is 1.31 bits per heavy atom. The molecule has 1 aliphatic rings. The van der Waals surface area contributed by atoms with Crippen molar-refractivity contribution >= 4 is 29.4 Å². The second kappa shape index (κ2) is 8.51. The van der Waals surface area contributed by atoms with Gasteiger partial charge in [-0.1, -0.05) is 17.8 Å². The monoisotopic (exact) mass is 427 g/mol. The minimum atomic E-state index is -0.137. The van der Waals surface area contributed by atoms with Crippen LogP contribution in [0.5, 0.6) is 0 Å². The molecule has 0 unspecified atom stereocenters. The van der Waals surface area contributed by atoms with Crippen LogP contribution in [0.3, 0.4) is 0 Å². The first-order chi connectivity index (χ1) is 14.0. The number of thioether (sulfide) groups is 2. The average Bonchev–Trinajstić information content (AvgIpc) is 3.35. The number of amides is 1. The number of benzene rings is 1. The number of fused-ring (bicyclic) bond motifs is 1. The second-order valence-corrected chi connectivity index (χ2v) is 8.95. The van der Waals surface area contributed by atoms with E-state index in [4.69, 9.17) is 9.40 Å². The molecule has 8 heteroatoms. The highest BCUT2D eigenvalue weighted by molar-refractivity contribution is 8.00. The predicted octanol–water partition coefficient (Wildman–Crippen LogP) is 3.50. The smallest absolute Gasteiger partial charge is 0.272 e. The standard InChI is InChI=1S/C21H21N3O3S2/c1-13-8-14(2)10-15(9-13)24-20(26)19-17(5-7-28-19)23-21(24)29-12-18(25)22-11-16-4-3-6-27-16/h3-4,6,8-10H,5,7,11-12H2,1-2H3,(H,22,25). The van der Waals surface area contributed by atoms with Crippen molar-refractivity contribution in [1.82, 2.24) is 14.9 Å². The molecule has 29 heavy (non-hydrogen) atoms. The number of aryl methyl sites for hydroxylation is 3. The Kier molecular flexibility index (Phi) is 5.82. The van der Waals surface area contributed by atoms with E-state index in [1.165, 1.54) is 11.8 Å². The molecule has 0 aliphatic carbocycles. The first-order valence-corrected chi connectivity index (χ1v) is 11.3. The number of nitrogens with one attached hydrogen (secondary N) is 1. The van der Waals surface area contributed by atoms with Crippen molar-refractivity contribution in [3.05, 3.63) is 69.5 Å². The van der Waals surface area contributed by atoms with Gasteiger partial charge in [-0.15, -0.1) is 11.8 Å². The van der Waals surface area contributed by atoms with Crippen molar-refractivity contribution in [2.24, 2.45) is 0 Å². The number of aromatic nitrogens is 2. The molecule has 0 spiro atoms. The van der Waals surface area contributed by atoms with Gasteiger partial charge in [0.15, 0.2) is 5.16 Å². The molecule has 0 bridgehead atoms.